The van der Waals surface area contributed by atoms with Crippen molar-refractivity contribution in [2.75, 3.05) is 11.4 Å². The van der Waals surface area contributed by atoms with Crippen molar-refractivity contribution in [3.63, 3.8) is 0 Å². The van der Waals surface area contributed by atoms with Gasteiger partial charge in [0, 0.05) is 31.1 Å². The molecule has 2 rings (SSSR count). The third-order valence-electron chi connectivity index (χ3n) is 2.44. The van der Waals surface area contributed by atoms with Crippen molar-refractivity contribution < 1.29 is 9.90 Å². The lowest BCUT2D eigenvalue weighted by atomic mass is 10.2. The van der Waals surface area contributed by atoms with Crippen LogP contribution in [0.3, 0.4) is 0 Å². The first-order valence-electron chi connectivity index (χ1n) is 5.56. The molecule has 0 saturated heterocycles. The van der Waals surface area contributed by atoms with Crippen LogP contribution < -0.4 is 4.90 Å². The van der Waals surface area contributed by atoms with Crippen molar-refractivity contribution in [1.29, 1.82) is 0 Å². The van der Waals surface area contributed by atoms with E-state index in [9.17, 15) is 9.90 Å². The van der Waals surface area contributed by atoms with Gasteiger partial charge < -0.3 is 5.11 Å². The number of pyridine rings is 1. The fourth-order valence-corrected chi connectivity index (χ4v) is 1.70. The zero-order chi connectivity index (χ0) is 13.7. The van der Waals surface area contributed by atoms with E-state index < -0.39 is 6.09 Å². The summed E-state index contributed by atoms with van der Waals surface area (Å²) in [6, 6.07) is 7.00. The molecule has 0 spiro atoms. The lowest BCUT2D eigenvalue weighted by molar-refractivity contribution is 0.201. The van der Waals surface area contributed by atoms with Gasteiger partial charge in [-0.1, -0.05) is 6.07 Å². The number of hydrogen-bond acceptors (Lipinski definition) is 4. The average Bonchev–Trinajstić information content (AvgIpc) is 2.40. The second-order valence-corrected chi connectivity index (χ2v) is 4.03. The van der Waals surface area contributed by atoms with Crippen molar-refractivity contribution in [3.05, 3.63) is 47.6 Å². The van der Waals surface area contributed by atoms with E-state index in [1.165, 1.54) is 12.3 Å². The van der Waals surface area contributed by atoms with E-state index in [1.807, 2.05) is 18.2 Å². The van der Waals surface area contributed by atoms with Crippen LogP contribution in [0.4, 0.5) is 10.6 Å². The number of rotatable bonds is 4. The van der Waals surface area contributed by atoms with Gasteiger partial charge in [0.05, 0.1) is 0 Å². The Morgan fingerprint density at radius 1 is 1.26 bits per heavy atom. The summed E-state index contributed by atoms with van der Waals surface area (Å²) in [5.74, 6) is 0.253. The molecule has 0 bridgehead atoms. The van der Waals surface area contributed by atoms with E-state index in [0.717, 1.165) is 10.6 Å². The maximum Gasteiger partial charge on any atom is 0.413 e. The molecular weight excluding hydrogens is 268 g/mol. The molecule has 0 aliphatic heterocycles. The van der Waals surface area contributed by atoms with Gasteiger partial charge >= 0.3 is 6.09 Å². The molecule has 0 fully saturated rings. The molecular formula is C12H11ClN4O2. The minimum atomic E-state index is -1.09. The van der Waals surface area contributed by atoms with E-state index in [1.54, 1.807) is 6.20 Å². The molecule has 0 unspecified atom stereocenters. The first-order chi connectivity index (χ1) is 9.16. The number of nitrogens with zero attached hydrogens (tertiary/aromatic N) is 4. The van der Waals surface area contributed by atoms with Gasteiger partial charge in [-0.3, -0.25) is 9.88 Å². The third-order valence-corrected chi connectivity index (χ3v) is 2.62. The SMILES string of the molecule is O=C(O)N(CCc1ccccn1)c1ccnc(Cl)n1. The van der Waals surface area contributed by atoms with E-state index in [4.69, 9.17) is 11.6 Å². The van der Waals surface area contributed by atoms with Crippen molar-refractivity contribution in [3.8, 4) is 0 Å². The summed E-state index contributed by atoms with van der Waals surface area (Å²) >= 11 is 5.66. The third kappa shape index (κ3) is 3.62. The van der Waals surface area contributed by atoms with Gasteiger partial charge in [-0.2, -0.15) is 0 Å². The second kappa shape index (κ2) is 6.10. The molecule has 1 N–H and O–H groups in total. The minimum Gasteiger partial charge on any atom is -0.465 e. The first-order valence-corrected chi connectivity index (χ1v) is 5.93. The number of amides is 1. The lowest BCUT2D eigenvalue weighted by Crippen LogP contribution is -2.32. The highest BCUT2D eigenvalue weighted by atomic mass is 35.5. The Kier molecular flexibility index (Phi) is 4.25. The van der Waals surface area contributed by atoms with Gasteiger partial charge in [0.25, 0.3) is 0 Å². The minimum absolute atomic E-state index is 0.0154. The molecule has 2 heterocycles. The highest BCUT2D eigenvalue weighted by Gasteiger charge is 2.16. The molecule has 0 saturated carbocycles. The predicted molar refractivity (Wildman–Crippen MR) is 70.4 cm³/mol. The molecule has 0 aromatic carbocycles. The van der Waals surface area contributed by atoms with E-state index in [0.29, 0.717) is 6.42 Å². The standard InChI is InChI=1S/C12H11ClN4O2/c13-11-15-7-4-10(16-11)17(12(18)19)8-5-9-3-1-2-6-14-9/h1-4,6-7H,5,8H2,(H,18,19). The number of halogens is 1. The highest BCUT2D eigenvalue weighted by molar-refractivity contribution is 6.28. The van der Waals surface area contributed by atoms with Gasteiger partial charge in [-0.25, -0.2) is 14.8 Å². The van der Waals surface area contributed by atoms with E-state index in [-0.39, 0.29) is 17.6 Å². The second-order valence-electron chi connectivity index (χ2n) is 3.69. The van der Waals surface area contributed by atoms with Crippen LogP contribution in [-0.4, -0.2) is 32.7 Å². The molecule has 2 aromatic heterocycles. The summed E-state index contributed by atoms with van der Waals surface area (Å²) < 4.78 is 0. The molecule has 98 valence electrons. The summed E-state index contributed by atoms with van der Waals surface area (Å²) in [4.78, 5) is 24.1. The van der Waals surface area contributed by atoms with Crippen LogP contribution in [0, 0.1) is 0 Å². The number of aromatic nitrogens is 3. The topological polar surface area (TPSA) is 79.2 Å². The van der Waals surface area contributed by atoms with Crippen LogP contribution in [0.15, 0.2) is 36.7 Å². The Bertz CT molecular complexity index is 565. The Morgan fingerprint density at radius 3 is 2.74 bits per heavy atom. The highest BCUT2D eigenvalue weighted by Crippen LogP contribution is 2.13. The Morgan fingerprint density at radius 2 is 2.11 bits per heavy atom. The van der Waals surface area contributed by atoms with Gasteiger partial charge in [0.15, 0.2) is 0 Å². The van der Waals surface area contributed by atoms with E-state index >= 15 is 0 Å². The van der Waals surface area contributed by atoms with Crippen molar-refractivity contribution in [2.24, 2.45) is 0 Å². The van der Waals surface area contributed by atoms with Gasteiger partial charge in [0.1, 0.15) is 5.82 Å². The largest absolute Gasteiger partial charge is 0.465 e. The number of carboxylic acid groups (broad SMARTS) is 1. The normalized spacial score (nSPS) is 10.2. The summed E-state index contributed by atoms with van der Waals surface area (Å²) in [6.07, 6.45) is 2.49. The van der Waals surface area contributed by atoms with Crippen LogP contribution >= 0.6 is 11.6 Å². The average molecular weight is 279 g/mol. The molecule has 2 aromatic rings. The summed E-state index contributed by atoms with van der Waals surface area (Å²) in [7, 11) is 0. The van der Waals surface area contributed by atoms with Crippen LogP contribution in [0.1, 0.15) is 5.69 Å². The fraction of sp³-hybridized carbons (Fsp3) is 0.167. The van der Waals surface area contributed by atoms with Crippen LogP contribution in [0.25, 0.3) is 0 Å². The molecule has 0 radical (unpaired) electrons. The molecule has 6 nitrogen and oxygen atoms in total. The molecule has 19 heavy (non-hydrogen) atoms. The summed E-state index contributed by atoms with van der Waals surface area (Å²) in [5.41, 5.74) is 0.814. The fourth-order valence-electron chi connectivity index (χ4n) is 1.56. The molecule has 0 atom stereocenters. The Labute approximate surface area is 114 Å². The van der Waals surface area contributed by atoms with Crippen molar-refractivity contribution >= 4 is 23.5 Å². The van der Waals surface area contributed by atoms with Gasteiger partial charge in [-0.05, 0) is 29.8 Å². The number of carbonyl (C=O) groups is 1. The smallest absolute Gasteiger partial charge is 0.413 e. The summed E-state index contributed by atoms with van der Waals surface area (Å²) in [6.45, 7) is 0.250. The van der Waals surface area contributed by atoms with Gasteiger partial charge in [-0.15, -0.1) is 0 Å². The monoisotopic (exact) mass is 278 g/mol. The summed E-state index contributed by atoms with van der Waals surface area (Å²) in [5, 5.41) is 9.21. The predicted octanol–water partition coefficient (Wildman–Crippen LogP) is 2.25. The lowest BCUT2D eigenvalue weighted by Gasteiger charge is -2.17. The molecule has 1 amide bonds. The van der Waals surface area contributed by atoms with Crippen LogP contribution in [0.2, 0.25) is 5.28 Å². The number of anilines is 1. The molecule has 0 aliphatic rings. The van der Waals surface area contributed by atoms with Crippen LogP contribution in [-0.2, 0) is 6.42 Å². The Balaban J connectivity index is 2.11. The molecule has 7 heteroatoms. The quantitative estimate of drug-likeness (QED) is 0.868. The van der Waals surface area contributed by atoms with Crippen LogP contribution in [0.5, 0.6) is 0 Å². The first kappa shape index (κ1) is 13.2. The zero-order valence-corrected chi connectivity index (χ0v) is 10.7. The molecule has 0 aliphatic carbocycles. The maximum atomic E-state index is 11.2. The van der Waals surface area contributed by atoms with Crippen molar-refractivity contribution in [2.45, 2.75) is 6.42 Å². The van der Waals surface area contributed by atoms with Gasteiger partial charge in [0.2, 0.25) is 5.28 Å². The Hall–Kier alpha value is -2.21. The van der Waals surface area contributed by atoms with Crippen molar-refractivity contribution in [1.82, 2.24) is 15.0 Å². The maximum absolute atomic E-state index is 11.2. The van der Waals surface area contributed by atoms with E-state index in [2.05, 4.69) is 15.0 Å². The zero-order valence-electron chi connectivity index (χ0n) is 9.90. The number of hydrogen-bond donors (Lipinski definition) is 1.